The summed E-state index contributed by atoms with van der Waals surface area (Å²) < 4.78 is 6.77. The first-order valence-corrected chi connectivity index (χ1v) is 12.6. The summed E-state index contributed by atoms with van der Waals surface area (Å²) in [6.07, 6.45) is 5.48. The number of hydrogen-bond donors (Lipinski definition) is 0. The van der Waals surface area contributed by atoms with Crippen molar-refractivity contribution in [2.45, 2.75) is 77.7 Å². The lowest BCUT2D eigenvalue weighted by molar-refractivity contribution is -0.128. The molecule has 0 aliphatic heterocycles. The van der Waals surface area contributed by atoms with Gasteiger partial charge in [-0.05, 0) is 43.1 Å². The van der Waals surface area contributed by atoms with Crippen LogP contribution in [-0.4, -0.2) is 32.2 Å². The molecule has 0 spiro atoms. The molecule has 26 heavy (non-hydrogen) atoms. The minimum atomic E-state index is -1.98. The highest BCUT2D eigenvalue weighted by Crippen LogP contribution is 2.41. The Morgan fingerprint density at radius 1 is 1.23 bits per heavy atom. The van der Waals surface area contributed by atoms with Gasteiger partial charge in [-0.1, -0.05) is 70.5 Å². The SMILES string of the molecule is CCC/C=C/C(=O)N(C)[C@@H](C)[C@@H](O[Si](C)(C)C(C)(C)C)c1ccccc1. The van der Waals surface area contributed by atoms with Crippen molar-refractivity contribution in [3.63, 3.8) is 0 Å². The van der Waals surface area contributed by atoms with Crippen molar-refractivity contribution < 1.29 is 9.22 Å². The number of allylic oxidation sites excluding steroid dienone is 1. The molecule has 4 heteroatoms. The van der Waals surface area contributed by atoms with Crippen LogP contribution in [0.25, 0.3) is 0 Å². The average Bonchev–Trinajstić information content (AvgIpc) is 2.58. The second-order valence-corrected chi connectivity index (χ2v) is 13.3. The van der Waals surface area contributed by atoms with E-state index in [4.69, 9.17) is 4.43 Å². The van der Waals surface area contributed by atoms with Crippen LogP contribution in [-0.2, 0) is 9.22 Å². The zero-order valence-electron chi connectivity index (χ0n) is 17.9. The summed E-state index contributed by atoms with van der Waals surface area (Å²) in [7, 11) is -0.112. The number of nitrogens with zero attached hydrogens (tertiary/aromatic N) is 1. The van der Waals surface area contributed by atoms with Gasteiger partial charge in [0.2, 0.25) is 5.91 Å². The van der Waals surface area contributed by atoms with Crippen molar-refractivity contribution in [2.24, 2.45) is 0 Å². The molecule has 0 saturated carbocycles. The first kappa shape index (κ1) is 22.6. The summed E-state index contributed by atoms with van der Waals surface area (Å²) >= 11 is 0. The third-order valence-corrected chi connectivity index (χ3v) is 9.92. The molecule has 0 unspecified atom stereocenters. The molecular formula is C22H37NO2Si. The number of carbonyl (C=O) groups excluding carboxylic acids is 1. The van der Waals surface area contributed by atoms with Crippen LogP contribution in [0.15, 0.2) is 42.5 Å². The van der Waals surface area contributed by atoms with Crippen molar-refractivity contribution in [2.75, 3.05) is 7.05 Å². The average molecular weight is 376 g/mol. The fraction of sp³-hybridized carbons (Fsp3) is 0.591. The Kier molecular flexibility index (Phi) is 8.29. The second kappa shape index (κ2) is 9.52. The molecule has 0 N–H and O–H groups in total. The summed E-state index contributed by atoms with van der Waals surface area (Å²) in [5, 5.41) is 0.114. The summed E-state index contributed by atoms with van der Waals surface area (Å²) in [6, 6.07) is 10.2. The number of hydrogen-bond acceptors (Lipinski definition) is 2. The van der Waals surface area contributed by atoms with Gasteiger partial charge < -0.3 is 9.33 Å². The maximum Gasteiger partial charge on any atom is 0.246 e. The summed E-state index contributed by atoms with van der Waals surface area (Å²) in [5.41, 5.74) is 1.13. The largest absolute Gasteiger partial charge is 0.408 e. The van der Waals surface area contributed by atoms with E-state index in [1.165, 1.54) is 0 Å². The second-order valence-electron chi connectivity index (χ2n) is 8.59. The van der Waals surface area contributed by atoms with Crippen molar-refractivity contribution >= 4 is 14.2 Å². The van der Waals surface area contributed by atoms with Gasteiger partial charge in [0.1, 0.15) is 0 Å². The van der Waals surface area contributed by atoms with Gasteiger partial charge in [-0.15, -0.1) is 0 Å². The Morgan fingerprint density at radius 3 is 2.31 bits per heavy atom. The van der Waals surface area contributed by atoms with Gasteiger partial charge >= 0.3 is 0 Å². The zero-order chi connectivity index (χ0) is 20.0. The lowest BCUT2D eigenvalue weighted by Crippen LogP contribution is -2.47. The van der Waals surface area contributed by atoms with E-state index in [1.54, 1.807) is 11.0 Å². The highest BCUT2D eigenvalue weighted by molar-refractivity contribution is 6.74. The normalized spacial score (nSPS) is 15.1. The number of amides is 1. The number of carbonyl (C=O) groups is 1. The van der Waals surface area contributed by atoms with E-state index in [0.29, 0.717) is 0 Å². The van der Waals surface area contributed by atoms with Crippen molar-refractivity contribution in [3.8, 4) is 0 Å². The van der Waals surface area contributed by atoms with Crippen molar-refractivity contribution in [1.29, 1.82) is 0 Å². The van der Waals surface area contributed by atoms with Gasteiger partial charge in [-0.2, -0.15) is 0 Å². The minimum Gasteiger partial charge on any atom is -0.408 e. The van der Waals surface area contributed by atoms with Crippen LogP contribution < -0.4 is 0 Å². The first-order valence-electron chi connectivity index (χ1n) is 9.67. The molecule has 1 rings (SSSR count). The molecule has 0 fully saturated rings. The molecule has 1 amide bonds. The predicted octanol–water partition coefficient (Wildman–Crippen LogP) is 5.95. The smallest absolute Gasteiger partial charge is 0.246 e. The van der Waals surface area contributed by atoms with Crippen LogP contribution in [0.2, 0.25) is 18.1 Å². The Hall–Kier alpha value is -1.39. The first-order chi connectivity index (χ1) is 12.0. The fourth-order valence-corrected chi connectivity index (χ4v) is 3.78. The van der Waals surface area contributed by atoms with Gasteiger partial charge in [0.05, 0.1) is 12.1 Å². The number of likely N-dealkylation sites (N-methyl/N-ethyl adjacent to an activating group) is 1. The van der Waals surface area contributed by atoms with Crippen LogP contribution in [0.4, 0.5) is 0 Å². The lowest BCUT2D eigenvalue weighted by Gasteiger charge is -2.42. The molecule has 0 aliphatic carbocycles. The van der Waals surface area contributed by atoms with E-state index in [2.05, 4.69) is 59.8 Å². The lowest BCUT2D eigenvalue weighted by atomic mass is 10.0. The summed E-state index contributed by atoms with van der Waals surface area (Å²) in [6.45, 7) is 15.4. The third kappa shape index (κ3) is 6.10. The number of rotatable bonds is 8. The highest BCUT2D eigenvalue weighted by atomic mass is 28.4. The van der Waals surface area contributed by atoms with Gasteiger partial charge in [0, 0.05) is 7.05 Å². The standard InChI is InChI=1S/C22H37NO2Si/c1-9-10-12-17-20(24)23(6)18(2)21(19-15-13-11-14-16-19)25-26(7,8)22(3,4)5/h11-18,21H,9-10H2,1-8H3/b17-12+/t18-,21+/m0/s1. The van der Waals surface area contributed by atoms with Crippen LogP contribution in [0.5, 0.6) is 0 Å². The molecule has 0 heterocycles. The Bertz CT molecular complexity index is 590. The van der Waals surface area contributed by atoms with E-state index in [0.717, 1.165) is 18.4 Å². The quantitative estimate of drug-likeness (QED) is 0.415. The molecule has 0 aromatic heterocycles. The van der Waals surface area contributed by atoms with E-state index < -0.39 is 8.32 Å². The third-order valence-electron chi connectivity index (χ3n) is 5.47. The molecule has 0 aliphatic rings. The minimum absolute atomic E-state index is 0.0331. The molecule has 2 atom stereocenters. The molecule has 0 bridgehead atoms. The zero-order valence-corrected chi connectivity index (χ0v) is 18.9. The van der Waals surface area contributed by atoms with Crippen LogP contribution in [0, 0.1) is 0 Å². The van der Waals surface area contributed by atoms with Gasteiger partial charge in [0.25, 0.3) is 0 Å². The van der Waals surface area contributed by atoms with Gasteiger partial charge in [-0.25, -0.2) is 0 Å². The van der Waals surface area contributed by atoms with E-state index in [9.17, 15) is 4.79 Å². The molecule has 146 valence electrons. The fourth-order valence-electron chi connectivity index (χ4n) is 2.45. The van der Waals surface area contributed by atoms with Crippen molar-refractivity contribution in [1.82, 2.24) is 4.90 Å². The Morgan fingerprint density at radius 2 is 1.81 bits per heavy atom. The predicted molar refractivity (Wildman–Crippen MR) is 114 cm³/mol. The van der Waals surface area contributed by atoms with E-state index in [1.807, 2.05) is 31.3 Å². The van der Waals surface area contributed by atoms with Gasteiger partial charge in [0.15, 0.2) is 8.32 Å². The van der Waals surface area contributed by atoms with E-state index >= 15 is 0 Å². The summed E-state index contributed by atoms with van der Waals surface area (Å²) in [4.78, 5) is 14.4. The number of unbranched alkanes of at least 4 members (excludes halogenated alkanes) is 1. The molecule has 0 saturated heterocycles. The highest BCUT2D eigenvalue weighted by Gasteiger charge is 2.41. The van der Waals surface area contributed by atoms with E-state index in [-0.39, 0.29) is 23.1 Å². The van der Waals surface area contributed by atoms with Crippen LogP contribution in [0.3, 0.4) is 0 Å². The monoisotopic (exact) mass is 375 g/mol. The maximum absolute atomic E-state index is 12.6. The Labute approximate surface area is 161 Å². The van der Waals surface area contributed by atoms with Crippen molar-refractivity contribution in [3.05, 3.63) is 48.0 Å². The molecule has 1 aromatic carbocycles. The van der Waals surface area contributed by atoms with Crippen LogP contribution in [0.1, 0.15) is 59.1 Å². The molecular weight excluding hydrogens is 338 g/mol. The Balaban J connectivity index is 3.11. The van der Waals surface area contributed by atoms with Gasteiger partial charge in [-0.3, -0.25) is 4.79 Å². The topological polar surface area (TPSA) is 29.5 Å². The summed E-state index contributed by atoms with van der Waals surface area (Å²) in [5.74, 6) is 0.0331. The molecule has 1 aromatic rings. The molecule has 3 nitrogen and oxygen atoms in total. The number of benzene rings is 1. The molecule has 0 radical (unpaired) electrons. The van der Waals surface area contributed by atoms with Crippen LogP contribution >= 0.6 is 0 Å². The maximum atomic E-state index is 12.6.